The molecule has 2 aromatic carbocycles. The number of carbonyl (C=O) groups excluding carboxylic acids is 1. The van der Waals surface area contributed by atoms with E-state index < -0.39 is 0 Å². The average molecular weight is 458 g/mol. The third-order valence-corrected chi connectivity index (χ3v) is 6.03. The smallest absolute Gasteiger partial charge is 0.251 e. The molecule has 2 N–H and O–H groups in total. The topological polar surface area (TPSA) is 92.4 Å². The number of nitrogens with one attached hydrogen (secondary N) is 2. The Kier molecular flexibility index (Phi) is 6.51. The molecule has 0 saturated carbocycles. The largest absolute Gasteiger partial charge is 0.497 e. The summed E-state index contributed by atoms with van der Waals surface area (Å²) in [5.41, 5.74) is 5.10. The Hall–Kier alpha value is -3.75. The highest BCUT2D eigenvalue weighted by Gasteiger charge is 2.13. The molecule has 5 rings (SSSR count). The fourth-order valence-electron chi connectivity index (χ4n) is 4.09. The molecule has 2 aromatic heterocycles. The minimum Gasteiger partial charge on any atom is -0.497 e. The van der Waals surface area contributed by atoms with Crippen LogP contribution in [-0.2, 0) is 4.74 Å². The van der Waals surface area contributed by atoms with Gasteiger partial charge in [-0.05, 0) is 35.9 Å². The highest BCUT2D eigenvalue weighted by atomic mass is 16.5. The number of carbonyl (C=O) groups is 1. The summed E-state index contributed by atoms with van der Waals surface area (Å²) in [6, 6.07) is 17.3. The van der Waals surface area contributed by atoms with Crippen LogP contribution < -0.4 is 10.1 Å². The van der Waals surface area contributed by atoms with Crippen LogP contribution in [0.3, 0.4) is 0 Å². The van der Waals surface area contributed by atoms with E-state index in [9.17, 15) is 4.79 Å². The zero-order chi connectivity index (χ0) is 23.3. The molecule has 174 valence electrons. The number of aromatic amines is 1. The molecule has 4 aromatic rings. The number of nitrogens with zero attached hydrogens (tertiary/aromatic N) is 3. The number of hydrogen-bond acceptors (Lipinski definition) is 6. The van der Waals surface area contributed by atoms with E-state index in [2.05, 4.69) is 25.2 Å². The Morgan fingerprint density at radius 3 is 2.53 bits per heavy atom. The van der Waals surface area contributed by atoms with Crippen molar-refractivity contribution in [3.63, 3.8) is 0 Å². The lowest BCUT2D eigenvalue weighted by atomic mass is 10.1. The van der Waals surface area contributed by atoms with E-state index in [1.165, 1.54) is 0 Å². The Labute approximate surface area is 197 Å². The molecular formula is C26H27N5O3. The first-order valence-corrected chi connectivity index (χ1v) is 11.4. The van der Waals surface area contributed by atoms with E-state index in [1.807, 2.05) is 54.6 Å². The van der Waals surface area contributed by atoms with E-state index in [0.717, 1.165) is 60.8 Å². The molecule has 1 amide bonds. The number of fused-ring (bicyclic) bond motifs is 1. The number of amides is 1. The number of imidazole rings is 1. The van der Waals surface area contributed by atoms with Gasteiger partial charge >= 0.3 is 0 Å². The number of benzene rings is 2. The number of rotatable bonds is 7. The molecule has 0 radical (unpaired) electrons. The van der Waals surface area contributed by atoms with Gasteiger partial charge in [0, 0.05) is 49.1 Å². The number of methoxy groups -OCH3 is 1. The number of aromatic nitrogens is 3. The second-order valence-corrected chi connectivity index (χ2v) is 8.16. The van der Waals surface area contributed by atoms with E-state index in [-0.39, 0.29) is 5.91 Å². The molecule has 1 saturated heterocycles. The van der Waals surface area contributed by atoms with Crippen LogP contribution in [0.1, 0.15) is 10.4 Å². The van der Waals surface area contributed by atoms with Gasteiger partial charge in [0.05, 0.1) is 25.8 Å². The zero-order valence-corrected chi connectivity index (χ0v) is 19.1. The van der Waals surface area contributed by atoms with Crippen LogP contribution in [0.15, 0.2) is 60.8 Å². The molecule has 0 spiro atoms. The molecule has 1 fully saturated rings. The van der Waals surface area contributed by atoms with Crippen molar-refractivity contribution >= 4 is 17.1 Å². The summed E-state index contributed by atoms with van der Waals surface area (Å²) in [5.74, 6) is 1.44. The van der Waals surface area contributed by atoms with Gasteiger partial charge in [-0.2, -0.15) is 0 Å². The summed E-state index contributed by atoms with van der Waals surface area (Å²) in [7, 11) is 1.65. The van der Waals surface area contributed by atoms with Gasteiger partial charge in [-0.15, -0.1) is 0 Å². The minimum atomic E-state index is -0.0760. The van der Waals surface area contributed by atoms with Crippen LogP contribution in [0.4, 0.5) is 0 Å². The summed E-state index contributed by atoms with van der Waals surface area (Å²) in [4.78, 5) is 27.3. The number of ether oxygens (including phenoxy) is 2. The predicted octanol–water partition coefficient (Wildman–Crippen LogP) is 3.36. The van der Waals surface area contributed by atoms with Crippen molar-refractivity contribution in [2.75, 3.05) is 46.5 Å². The summed E-state index contributed by atoms with van der Waals surface area (Å²) in [6.45, 7) is 4.79. The first kappa shape index (κ1) is 22.1. The van der Waals surface area contributed by atoms with Crippen molar-refractivity contribution < 1.29 is 14.3 Å². The second-order valence-electron chi connectivity index (χ2n) is 8.16. The molecule has 8 nitrogen and oxygen atoms in total. The van der Waals surface area contributed by atoms with Gasteiger partial charge in [0.2, 0.25) is 0 Å². The number of pyridine rings is 1. The van der Waals surface area contributed by atoms with Gasteiger partial charge in [-0.25, -0.2) is 9.97 Å². The standard InChI is InChI=1S/C26H27N5O3/c1-33-21-8-6-18(7-9-21)22-10-11-27-25-23(22)29-24(30-25)19-2-4-20(5-3-19)26(32)28-12-13-31-14-16-34-17-15-31/h2-11H,12-17H2,1H3,(H,28,32)(H,27,29,30). The Balaban J connectivity index is 1.29. The maximum Gasteiger partial charge on any atom is 0.251 e. The predicted molar refractivity (Wildman–Crippen MR) is 131 cm³/mol. The third kappa shape index (κ3) is 4.78. The van der Waals surface area contributed by atoms with Crippen molar-refractivity contribution in [2.24, 2.45) is 0 Å². The van der Waals surface area contributed by atoms with E-state index >= 15 is 0 Å². The summed E-state index contributed by atoms with van der Waals surface area (Å²) < 4.78 is 10.6. The Morgan fingerprint density at radius 1 is 1.06 bits per heavy atom. The Bertz CT molecular complexity index is 1260. The molecule has 0 atom stereocenters. The molecule has 3 heterocycles. The number of morpholine rings is 1. The van der Waals surface area contributed by atoms with E-state index in [1.54, 1.807) is 13.3 Å². The van der Waals surface area contributed by atoms with Crippen molar-refractivity contribution in [1.82, 2.24) is 25.2 Å². The summed E-state index contributed by atoms with van der Waals surface area (Å²) in [5, 5.41) is 3.00. The van der Waals surface area contributed by atoms with Crippen molar-refractivity contribution in [3.05, 3.63) is 66.4 Å². The van der Waals surface area contributed by atoms with Crippen LogP contribution in [0.25, 0.3) is 33.7 Å². The normalized spacial score (nSPS) is 14.3. The lowest BCUT2D eigenvalue weighted by Gasteiger charge is -2.26. The van der Waals surface area contributed by atoms with Crippen LogP contribution in [0.2, 0.25) is 0 Å². The first-order chi connectivity index (χ1) is 16.7. The second kappa shape index (κ2) is 10.0. The molecule has 0 aliphatic carbocycles. The lowest BCUT2D eigenvalue weighted by molar-refractivity contribution is 0.0383. The van der Waals surface area contributed by atoms with Crippen molar-refractivity contribution in [2.45, 2.75) is 0 Å². The first-order valence-electron chi connectivity index (χ1n) is 11.4. The van der Waals surface area contributed by atoms with Crippen molar-refractivity contribution in [1.29, 1.82) is 0 Å². The van der Waals surface area contributed by atoms with Crippen LogP contribution in [0, 0.1) is 0 Å². The zero-order valence-electron chi connectivity index (χ0n) is 19.1. The molecule has 1 aliphatic rings. The lowest BCUT2D eigenvalue weighted by Crippen LogP contribution is -2.41. The van der Waals surface area contributed by atoms with Crippen LogP contribution in [-0.4, -0.2) is 72.3 Å². The maximum atomic E-state index is 12.5. The quantitative estimate of drug-likeness (QED) is 0.442. The van der Waals surface area contributed by atoms with Crippen LogP contribution in [0.5, 0.6) is 5.75 Å². The molecular weight excluding hydrogens is 430 g/mol. The van der Waals surface area contributed by atoms with Gasteiger partial charge in [-0.3, -0.25) is 9.69 Å². The fraction of sp³-hybridized carbons (Fsp3) is 0.269. The van der Waals surface area contributed by atoms with Gasteiger partial charge in [0.1, 0.15) is 11.6 Å². The molecule has 0 unspecified atom stereocenters. The van der Waals surface area contributed by atoms with E-state index in [4.69, 9.17) is 9.47 Å². The van der Waals surface area contributed by atoms with Gasteiger partial charge in [-0.1, -0.05) is 24.3 Å². The maximum absolute atomic E-state index is 12.5. The molecule has 1 aliphatic heterocycles. The summed E-state index contributed by atoms with van der Waals surface area (Å²) >= 11 is 0. The number of hydrogen-bond donors (Lipinski definition) is 2. The highest BCUT2D eigenvalue weighted by Crippen LogP contribution is 2.29. The average Bonchev–Trinajstić information content (AvgIpc) is 3.34. The summed E-state index contributed by atoms with van der Waals surface area (Å²) in [6.07, 6.45) is 1.76. The molecule has 8 heteroatoms. The number of H-pyrrole nitrogens is 1. The highest BCUT2D eigenvalue weighted by molar-refractivity contribution is 5.95. The van der Waals surface area contributed by atoms with Gasteiger partial charge in [0.25, 0.3) is 5.91 Å². The SMILES string of the molecule is COc1ccc(-c2ccnc3nc(-c4ccc(C(=O)NCCN5CCOCC5)cc4)[nH]c23)cc1. The van der Waals surface area contributed by atoms with E-state index in [0.29, 0.717) is 23.6 Å². The minimum absolute atomic E-state index is 0.0760. The Morgan fingerprint density at radius 2 is 1.79 bits per heavy atom. The third-order valence-electron chi connectivity index (χ3n) is 6.03. The van der Waals surface area contributed by atoms with Crippen molar-refractivity contribution in [3.8, 4) is 28.3 Å². The molecule has 0 bridgehead atoms. The van der Waals surface area contributed by atoms with Gasteiger partial charge in [0.15, 0.2) is 5.65 Å². The monoisotopic (exact) mass is 457 g/mol. The van der Waals surface area contributed by atoms with Crippen LogP contribution >= 0.6 is 0 Å². The fourth-order valence-corrected chi connectivity index (χ4v) is 4.09. The molecule has 34 heavy (non-hydrogen) atoms. The van der Waals surface area contributed by atoms with Gasteiger partial charge < -0.3 is 19.8 Å².